The van der Waals surface area contributed by atoms with Crippen LogP contribution in [-0.4, -0.2) is 21.9 Å². The summed E-state index contributed by atoms with van der Waals surface area (Å²) < 4.78 is 4.59. The monoisotopic (exact) mass is 187 g/mol. The summed E-state index contributed by atoms with van der Waals surface area (Å²) in [6.45, 7) is 2.01. The van der Waals surface area contributed by atoms with Crippen LogP contribution >= 0.6 is 11.8 Å². The van der Waals surface area contributed by atoms with Gasteiger partial charge in [0, 0.05) is 6.04 Å². The molecule has 4 nitrogen and oxygen atoms in total. The molecule has 0 amide bonds. The minimum Gasteiger partial charge on any atom is -0.343 e. The predicted octanol–water partition coefficient (Wildman–Crippen LogP) is 1.04. The zero-order valence-electron chi connectivity index (χ0n) is 7.06. The van der Waals surface area contributed by atoms with Crippen molar-refractivity contribution in [1.82, 2.24) is 10.1 Å². The summed E-state index contributed by atoms with van der Waals surface area (Å²) in [5.74, 6) is 2.61. The Bertz CT molecular complexity index is 200. The Balaban J connectivity index is 2.04. The fraction of sp³-hybridized carbons (Fsp3) is 0.714. The van der Waals surface area contributed by atoms with Crippen molar-refractivity contribution in [3.8, 4) is 0 Å². The van der Waals surface area contributed by atoms with Gasteiger partial charge in [-0.25, -0.2) is 0 Å². The highest BCUT2D eigenvalue weighted by atomic mass is 32.2. The zero-order valence-corrected chi connectivity index (χ0v) is 7.88. The smallest absolute Gasteiger partial charge is 0.213 e. The average molecular weight is 187 g/mol. The molecule has 0 saturated carbocycles. The normalized spacial score (nSPS) is 13.2. The van der Waals surface area contributed by atoms with E-state index in [4.69, 9.17) is 5.73 Å². The van der Waals surface area contributed by atoms with E-state index in [0.29, 0.717) is 0 Å². The summed E-state index contributed by atoms with van der Waals surface area (Å²) in [5.41, 5.74) is 5.59. The van der Waals surface area contributed by atoms with Gasteiger partial charge in [-0.05, 0) is 19.1 Å². The Morgan fingerprint density at radius 2 is 2.58 bits per heavy atom. The van der Waals surface area contributed by atoms with Gasteiger partial charge in [0.2, 0.25) is 6.39 Å². The van der Waals surface area contributed by atoms with E-state index in [0.717, 1.165) is 23.8 Å². The van der Waals surface area contributed by atoms with Crippen molar-refractivity contribution >= 4 is 11.8 Å². The van der Waals surface area contributed by atoms with Crippen LogP contribution in [-0.2, 0) is 5.75 Å². The second-order valence-corrected chi connectivity index (χ2v) is 3.77. The lowest BCUT2D eigenvalue weighted by atomic mass is 10.3. The van der Waals surface area contributed by atoms with E-state index in [1.165, 1.54) is 6.39 Å². The van der Waals surface area contributed by atoms with Crippen LogP contribution in [0.4, 0.5) is 0 Å². The number of nitrogens with two attached hydrogens (primary N) is 1. The second kappa shape index (κ2) is 5.16. The van der Waals surface area contributed by atoms with Gasteiger partial charge in [0.15, 0.2) is 5.82 Å². The Labute approximate surface area is 75.9 Å². The van der Waals surface area contributed by atoms with Crippen LogP contribution in [0.3, 0.4) is 0 Å². The van der Waals surface area contributed by atoms with Crippen molar-refractivity contribution in [3.05, 3.63) is 12.2 Å². The Morgan fingerprint density at radius 3 is 3.17 bits per heavy atom. The van der Waals surface area contributed by atoms with Gasteiger partial charge in [0.25, 0.3) is 0 Å². The molecule has 0 aromatic carbocycles. The molecule has 1 aromatic heterocycles. The zero-order chi connectivity index (χ0) is 8.81. The Hall–Kier alpha value is -0.550. The fourth-order valence-corrected chi connectivity index (χ4v) is 1.68. The van der Waals surface area contributed by atoms with Crippen LogP contribution in [0.15, 0.2) is 10.9 Å². The lowest BCUT2D eigenvalue weighted by Crippen LogP contribution is -2.15. The van der Waals surface area contributed by atoms with E-state index in [-0.39, 0.29) is 6.04 Å². The summed E-state index contributed by atoms with van der Waals surface area (Å²) in [7, 11) is 0. The van der Waals surface area contributed by atoms with Crippen molar-refractivity contribution in [2.75, 3.05) is 5.75 Å². The van der Waals surface area contributed by atoms with E-state index < -0.39 is 0 Å². The van der Waals surface area contributed by atoms with Gasteiger partial charge < -0.3 is 10.3 Å². The molecular formula is C7H13N3OS. The average Bonchev–Trinajstić information content (AvgIpc) is 2.49. The molecule has 1 heterocycles. The van der Waals surface area contributed by atoms with Gasteiger partial charge in [-0.1, -0.05) is 5.16 Å². The number of thioether (sulfide) groups is 1. The highest BCUT2D eigenvalue weighted by molar-refractivity contribution is 7.98. The number of aromatic nitrogens is 2. The molecule has 0 aliphatic rings. The van der Waals surface area contributed by atoms with Crippen molar-refractivity contribution in [2.24, 2.45) is 5.73 Å². The summed E-state index contributed by atoms with van der Waals surface area (Å²) in [5, 5.41) is 3.69. The molecule has 0 spiro atoms. The van der Waals surface area contributed by atoms with Crippen molar-refractivity contribution in [3.63, 3.8) is 0 Å². The van der Waals surface area contributed by atoms with E-state index >= 15 is 0 Å². The summed E-state index contributed by atoms with van der Waals surface area (Å²) in [6, 6.07) is 0.280. The van der Waals surface area contributed by atoms with E-state index in [1.54, 1.807) is 11.8 Å². The minimum atomic E-state index is 0.280. The van der Waals surface area contributed by atoms with Crippen LogP contribution in [0.2, 0.25) is 0 Å². The maximum atomic E-state index is 5.59. The predicted molar refractivity (Wildman–Crippen MR) is 48.7 cm³/mol. The third-order valence-corrected chi connectivity index (χ3v) is 2.34. The van der Waals surface area contributed by atoms with E-state index in [2.05, 4.69) is 14.7 Å². The lowest BCUT2D eigenvalue weighted by molar-refractivity contribution is 0.412. The molecule has 68 valence electrons. The molecule has 0 aliphatic carbocycles. The second-order valence-electron chi connectivity index (χ2n) is 2.67. The quantitative estimate of drug-likeness (QED) is 0.698. The minimum absolute atomic E-state index is 0.280. The maximum Gasteiger partial charge on any atom is 0.213 e. The molecule has 0 radical (unpaired) electrons. The van der Waals surface area contributed by atoms with Crippen molar-refractivity contribution in [2.45, 2.75) is 25.1 Å². The van der Waals surface area contributed by atoms with Gasteiger partial charge in [0.05, 0.1) is 5.75 Å². The third-order valence-electron chi connectivity index (χ3n) is 1.36. The number of hydrogen-bond donors (Lipinski definition) is 1. The van der Waals surface area contributed by atoms with Crippen LogP contribution in [0.5, 0.6) is 0 Å². The first kappa shape index (κ1) is 9.54. The highest BCUT2D eigenvalue weighted by Gasteiger charge is 1.99. The molecule has 0 saturated heterocycles. The topological polar surface area (TPSA) is 64.9 Å². The molecule has 1 unspecified atom stereocenters. The van der Waals surface area contributed by atoms with Gasteiger partial charge in [0.1, 0.15) is 0 Å². The molecule has 0 aliphatic heterocycles. The summed E-state index contributed by atoms with van der Waals surface area (Å²) in [4.78, 5) is 3.90. The van der Waals surface area contributed by atoms with Crippen LogP contribution in [0, 0.1) is 0 Å². The molecule has 0 fully saturated rings. The first-order valence-electron chi connectivity index (χ1n) is 3.87. The van der Waals surface area contributed by atoms with Gasteiger partial charge >= 0.3 is 0 Å². The van der Waals surface area contributed by atoms with Gasteiger partial charge in [-0.15, -0.1) is 0 Å². The first-order chi connectivity index (χ1) is 5.79. The number of hydrogen-bond acceptors (Lipinski definition) is 5. The van der Waals surface area contributed by atoms with E-state index in [1.807, 2.05) is 6.92 Å². The SMILES string of the molecule is CC(N)CCSCc1ncon1. The van der Waals surface area contributed by atoms with Gasteiger partial charge in [-0.3, -0.25) is 0 Å². The fourth-order valence-electron chi connectivity index (χ4n) is 0.689. The maximum absolute atomic E-state index is 5.59. The third kappa shape index (κ3) is 3.73. The molecular weight excluding hydrogens is 174 g/mol. The lowest BCUT2D eigenvalue weighted by Gasteiger charge is -2.01. The molecule has 1 atom stereocenters. The summed E-state index contributed by atoms with van der Waals surface area (Å²) in [6.07, 6.45) is 2.38. The van der Waals surface area contributed by atoms with Crippen LogP contribution in [0.1, 0.15) is 19.2 Å². The molecule has 5 heteroatoms. The Morgan fingerprint density at radius 1 is 1.75 bits per heavy atom. The van der Waals surface area contributed by atoms with Gasteiger partial charge in [-0.2, -0.15) is 16.7 Å². The summed E-state index contributed by atoms with van der Waals surface area (Å²) >= 11 is 1.77. The van der Waals surface area contributed by atoms with Crippen molar-refractivity contribution < 1.29 is 4.52 Å². The van der Waals surface area contributed by atoms with E-state index in [9.17, 15) is 0 Å². The van der Waals surface area contributed by atoms with Crippen molar-refractivity contribution in [1.29, 1.82) is 0 Å². The standard InChI is InChI=1S/C7H13N3OS/c1-6(8)2-3-12-4-7-9-5-11-10-7/h5-6H,2-4,8H2,1H3. The Kier molecular flexibility index (Phi) is 4.10. The van der Waals surface area contributed by atoms with Crippen LogP contribution < -0.4 is 5.73 Å². The highest BCUT2D eigenvalue weighted by Crippen LogP contribution is 2.09. The first-order valence-corrected chi connectivity index (χ1v) is 5.03. The number of rotatable bonds is 5. The molecule has 1 aromatic rings. The number of nitrogens with zero attached hydrogens (tertiary/aromatic N) is 2. The molecule has 12 heavy (non-hydrogen) atoms. The molecule has 2 N–H and O–H groups in total. The molecule has 0 bridgehead atoms. The largest absolute Gasteiger partial charge is 0.343 e. The molecule has 1 rings (SSSR count). The van der Waals surface area contributed by atoms with Crippen LogP contribution in [0.25, 0.3) is 0 Å².